The Morgan fingerprint density at radius 2 is 0.880 bits per heavy atom. The summed E-state index contributed by atoms with van der Waals surface area (Å²) in [6.07, 6.45) is -0.653. The molecule has 75 heavy (non-hydrogen) atoms. The van der Waals surface area contributed by atoms with Gasteiger partial charge in [0.25, 0.3) is 23.7 Å². The van der Waals surface area contributed by atoms with Crippen molar-refractivity contribution in [2.75, 3.05) is 85.2 Å². The Hall–Kier alpha value is -4.82. The molecule has 0 radical (unpaired) electrons. The number of methoxy groups -OCH3 is 1. The van der Waals surface area contributed by atoms with Crippen molar-refractivity contribution in [2.24, 2.45) is 0 Å². The molecule has 4 fully saturated rings. The maximum absolute atomic E-state index is 13.3. The average Bonchev–Trinajstić information content (AvgIpc) is 3.30. The Labute approximate surface area is 455 Å². The van der Waals surface area contributed by atoms with Gasteiger partial charge in [-0.25, -0.2) is 55.1 Å². The number of anilines is 5. The monoisotopic (exact) mass is 1140 g/mol. The van der Waals surface area contributed by atoms with E-state index in [2.05, 4.69) is 30.6 Å². The number of rotatable bonds is 7. The van der Waals surface area contributed by atoms with Crippen LogP contribution >= 0.6 is 47.2 Å². The van der Waals surface area contributed by atoms with Crippen molar-refractivity contribution in [3.8, 4) is 5.75 Å². The molecule has 0 unspecified atom stereocenters. The van der Waals surface area contributed by atoms with Crippen LogP contribution in [0, 0.1) is 27.7 Å². The van der Waals surface area contributed by atoms with E-state index in [1.54, 1.807) is 31.4 Å². The van der Waals surface area contributed by atoms with E-state index in [1.165, 1.54) is 0 Å². The molecule has 0 saturated carbocycles. The Balaban J connectivity index is 0.000000214. The predicted octanol–water partition coefficient (Wildman–Crippen LogP) is 13.9. The Morgan fingerprint density at radius 1 is 0.520 bits per heavy atom. The number of hydrogen-bond donors (Lipinski definition) is 3. The summed E-state index contributed by atoms with van der Waals surface area (Å²) in [5, 5.41) is 7.47. The molecule has 414 valence electrons. The van der Waals surface area contributed by atoms with Crippen molar-refractivity contribution < 1.29 is 39.9 Å². The average molecular weight is 1140 g/mol. The highest BCUT2D eigenvalue weighted by Gasteiger charge is 2.36. The van der Waals surface area contributed by atoms with Crippen molar-refractivity contribution in [1.29, 1.82) is 0 Å². The lowest BCUT2D eigenvalue weighted by atomic mass is 10.1. The second-order valence-electron chi connectivity index (χ2n) is 18.8. The van der Waals surface area contributed by atoms with Crippen LogP contribution < -0.4 is 35.8 Å². The van der Waals surface area contributed by atoms with Crippen molar-refractivity contribution >= 4 is 76.3 Å². The van der Waals surface area contributed by atoms with Crippen molar-refractivity contribution in [3.05, 3.63) is 116 Å². The molecule has 0 bridgehead atoms. The van der Waals surface area contributed by atoms with Gasteiger partial charge in [-0.15, -0.1) is 12.4 Å². The SMILES string of the molecule is COc1ccc(CNc2cc(C)cc(N3CCC(F)(F)CC3)n2)cc1.Cc1cc(Cl)nc(Cl)c1.Cc1cc(Cl)nc(N2CCC(F)(F)CC2)c1.Cc1cc(N)nc(N2CCC(F)(F)CC2)c1.Cl.FC1(F)CCNCC1. The minimum Gasteiger partial charge on any atom is -0.497 e. The molecular formula is C52H66Cl4F8N10O. The van der Waals surface area contributed by atoms with Crippen LogP contribution in [0.3, 0.4) is 0 Å². The number of pyridine rings is 4. The van der Waals surface area contributed by atoms with Crippen LogP contribution in [0.1, 0.15) is 79.2 Å². The van der Waals surface area contributed by atoms with Gasteiger partial charge in [0.15, 0.2) is 0 Å². The molecule has 0 atom stereocenters. The maximum Gasteiger partial charge on any atom is 0.251 e. The number of ether oxygens (including phenoxy) is 1. The molecule has 1 aromatic carbocycles. The van der Waals surface area contributed by atoms with E-state index < -0.39 is 23.7 Å². The molecule has 4 aromatic heterocycles. The molecule has 4 aliphatic heterocycles. The number of aryl methyl sites for hydroxylation is 4. The molecule has 0 spiro atoms. The fraction of sp³-hybridized carbons (Fsp3) is 0.500. The first-order valence-electron chi connectivity index (χ1n) is 24.3. The quantitative estimate of drug-likeness (QED) is 0.107. The molecule has 0 amide bonds. The Bertz CT molecular complexity index is 2370. The number of nitrogens with one attached hydrogen (secondary N) is 2. The smallest absolute Gasteiger partial charge is 0.251 e. The van der Waals surface area contributed by atoms with Crippen molar-refractivity contribution in [1.82, 2.24) is 25.3 Å². The van der Waals surface area contributed by atoms with E-state index >= 15 is 0 Å². The zero-order valence-corrected chi connectivity index (χ0v) is 45.7. The minimum absolute atomic E-state index is 0. The number of nitrogens with two attached hydrogens (primary N) is 1. The van der Waals surface area contributed by atoms with E-state index in [0.717, 1.165) is 45.2 Å². The van der Waals surface area contributed by atoms with Crippen LogP contribution in [-0.2, 0) is 6.54 Å². The van der Waals surface area contributed by atoms with Gasteiger partial charge in [0, 0.05) is 110 Å². The maximum atomic E-state index is 13.3. The molecular weight excluding hydrogens is 1070 g/mol. The predicted molar refractivity (Wildman–Crippen MR) is 289 cm³/mol. The van der Waals surface area contributed by atoms with Gasteiger partial charge in [0.2, 0.25) is 0 Å². The van der Waals surface area contributed by atoms with E-state index in [1.807, 2.05) is 90.9 Å². The van der Waals surface area contributed by atoms with Crippen molar-refractivity contribution in [3.63, 3.8) is 0 Å². The first-order valence-corrected chi connectivity index (χ1v) is 25.4. The summed E-state index contributed by atoms with van der Waals surface area (Å²) in [5.41, 5.74) is 10.8. The van der Waals surface area contributed by atoms with Gasteiger partial charge in [0.1, 0.15) is 50.3 Å². The summed E-state index contributed by atoms with van der Waals surface area (Å²) in [6, 6.07) is 22.5. The van der Waals surface area contributed by atoms with E-state index in [0.29, 0.717) is 91.8 Å². The van der Waals surface area contributed by atoms with Crippen LogP contribution in [0.5, 0.6) is 5.75 Å². The number of nitrogens with zero attached hydrogens (tertiary/aromatic N) is 7. The molecule has 8 heterocycles. The third-order valence-electron chi connectivity index (χ3n) is 12.2. The number of hydrogen-bond acceptors (Lipinski definition) is 11. The highest BCUT2D eigenvalue weighted by Crippen LogP contribution is 2.33. The molecule has 11 nitrogen and oxygen atoms in total. The van der Waals surface area contributed by atoms with Crippen LogP contribution in [-0.4, -0.2) is 103 Å². The first kappa shape index (κ1) is 62.7. The lowest BCUT2D eigenvalue weighted by molar-refractivity contribution is -0.0275. The highest BCUT2D eigenvalue weighted by molar-refractivity contribution is 6.32. The Morgan fingerprint density at radius 3 is 1.25 bits per heavy atom. The van der Waals surface area contributed by atoms with E-state index in [-0.39, 0.29) is 63.8 Å². The van der Waals surface area contributed by atoms with Crippen LogP contribution in [0.25, 0.3) is 0 Å². The lowest BCUT2D eigenvalue weighted by Crippen LogP contribution is -2.39. The van der Waals surface area contributed by atoms with Crippen LogP contribution in [0.15, 0.2) is 72.8 Å². The summed E-state index contributed by atoms with van der Waals surface area (Å²) in [6.45, 7) is 11.3. The van der Waals surface area contributed by atoms with Gasteiger partial charge in [-0.1, -0.05) is 46.9 Å². The van der Waals surface area contributed by atoms with Crippen LogP contribution in [0.2, 0.25) is 15.5 Å². The third-order valence-corrected chi connectivity index (χ3v) is 12.8. The second kappa shape index (κ2) is 28.5. The normalized spacial score (nSPS) is 18.1. The van der Waals surface area contributed by atoms with Gasteiger partial charge in [0.05, 0.1) is 7.11 Å². The van der Waals surface area contributed by atoms with Gasteiger partial charge >= 0.3 is 0 Å². The zero-order valence-electron chi connectivity index (χ0n) is 42.6. The van der Waals surface area contributed by atoms with E-state index in [4.69, 9.17) is 45.3 Å². The molecule has 0 aliphatic carbocycles. The standard InChI is InChI=1S/C19H23F2N3O.C11H13ClF2N2.C11H15F2N3.C6H5Cl2N.C5H9F2N.ClH/c1-14-11-17(22-13-15-3-5-16(25-2)6-4-15)23-18(12-14)24-9-7-19(20,21)8-10-24;1-8-6-9(12)15-10(7-8)16-4-2-11(13,14)3-5-16;1-8-6-9(14)15-10(7-8)16-4-2-11(12,13)3-5-16;1-4-2-5(7)9-6(8)3-4;6-5(7)1-3-8-4-2-5;/h3-6,11-12H,7-10,13H2,1-2H3,(H,22,23);6-7H,2-5H2,1H3;6-7H,2-5H2,1H3,(H2,14,15);2-3H,1H3;8H,1-4H2;1H. The molecule has 5 aromatic rings. The number of benzene rings is 1. The van der Waals surface area contributed by atoms with Crippen molar-refractivity contribution in [2.45, 2.75) is 109 Å². The van der Waals surface area contributed by atoms with Gasteiger partial charge in [-0.3, -0.25) is 0 Å². The first-order chi connectivity index (χ1) is 34.8. The fourth-order valence-corrected chi connectivity index (χ4v) is 8.84. The number of piperidine rings is 4. The highest BCUT2D eigenvalue weighted by atomic mass is 35.5. The number of halogens is 12. The summed E-state index contributed by atoms with van der Waals surface area (Å²) in [5.74, 6) is -5.81. The fourth-order valence-electron chi connectivity index (χ4n) is 8.01. The lowest BCUT2D eigenvalue weighted by Gasteiger charge is -2.32. The Kier molecular flexibility index (Phi) is 23.9. The summed E-state index contributed by atoms with van der Waals surface area (Å²) in [4.78, 5) is 22.3. The van der Waals surface area contributed by atoms with Crippen LogP contribution in [0.4, 0.5) is 64.2 Å². The number of aromatic nitrogens is 4. The molecule has 4 N–H and O–H groups in total. The number of nitrogen functional groups attached to an aromatic ring is 1. The molecule has 23 heteroatoms. The van der Waals surface area contributed by atoms with Gasteiger partial charge < -0.3 is 35.8 Å². The van der Waals surface area contributed by atoms with Gasteiger partial charge in [-0.05, 0) is 116 Å². The zero-order chi connectivity index (χ0) is 54.3. The molecule has 4 aliphatic rings. The summed E-state index contributed by atoms with van der Waals surface area (Å²) in [7, 11) is 1.64. The largest absolute Gasteiger partial charge is 0.497 e. The molecule has 4 saturated heterocycles. The molecule has 9 rings (SSSR count). The van der Waals surface area contributed by atoms with E-state index in [9.17, 15) is 35.1 Å². The topological polar surface area (TPSA) is 121 Å². The summed E-state index contributed by atoms with van der Waals surface area (Å²) < 4.78 is 108. The second-order valence-corrected chi connectivity index (χ2v) is 19.9. The minimum atomic E-state index is -2.55. The number of alkyl halides is 8. The third kappa shape index (κ3) is 22.4. The summed E-state index contributed by atoms with van der Waals surface area (Å²) >= 11 is 16.9. The van der Waals surface area contributed by atoms with Gasteiger partial charge in [-0.2, -0.15) is 0 Å².